The molecule has 9 nitrogen and oxygen atoms in total. The van der Waals surface area contributed by atoms with E-state index in [0.717, 1.165) is 19.3 Å². The number of H-pyrrole nitrogens is 1. The largest absolute Gasteiger partial charge is 0.421 e. The molecule has 0 aliphatic carbocycles. The molecule has 2 aliphatic heterocycles. The highest BCUT2D eigenvalue weighted by Crippen LogP contribution is 2.30. The van der Waals surface area contributed by atoms with Crippen molar-refractivity contribution >= 4 is 11.8 Å². The standard InChI is InChI=1S/C19H22F5N7O2/c1-17(20,21)12-7-25-16(26-8-12)30-2-4-31(5-3-30)18(10-33-11-18)9-27-14-6-13(19(22,23)24)15(32)29-28-14/h6-8H,2-5,9-11H2,1H3,(H,27,28)(H,29,32). The van der Waals surface area contributed by atoms with Crippen LogP contribution in [0.25, 0.3) is 0 Å². The second kappa shape index (κ2) is 8.48. The van der Waals surface area contributed by atoms with Gasteiger partial charge >= 0.3 is 6.18 Å². The number of piperazine rings is 1. The molecule has 0 saturated carbocycles. The van der Waals surface area contributed by atoms with Crippen molar-refractivity contribution in [1.82, 2.24) is 25.1 Å². The van der Waals surface area contributed by atoms with Crippen LogP contribution >= 0.6 is 0 Å². The molecule has 0 bridgehead atoms. The molecular formula is C19H22F5N7O2. The van der Waals surface area contributed by atoms with Crippen LogP contribution in [-0.2, 0) is 16.8 Å². The number of nitrogens with zero attached hydrogens (tertiary/aromatic N) is 5. The van der Waals surface area contributed by atoms with E-state index in [2.05, 4.69) is 25.3 Å². The van der Waals surface area contributed by atoms with Crippen LogP contribution in [0.2, 0.25) is 0 Å². The molecule has 0 aromatic carbocycles. The SMILES string of the molecule is CC(F)(F)c1cnc(N2CCN(C3(CNc4cc(C(F)(F)F)c(=O)[nH]n4)COC3)CC2)nc1. The summed E-state index contributed by atoms with van der Waals surface area (Å²) in [7, 11) is 0. The molecule has 2 N–H and O–H groups in total. The van der Waals surface area contributed by atoms with Gasteiger partial charge in [0.25, 0.3) is 11.5 Å². The molecule has 2 fully saturated rings. The molecule has 2 aromatic heterocycles. The van der Waals surface area contributed by atoms with E-state index in [4.69, 9.17) is 4.74 Å². The first-order chi connectivity index (χ1) is 15.5. The normalized spacial score (nSPS) is 19.3. The monoisotopic (exact) mass is 475 g/mol. The molecule has 0 atom stereocenters. The van der Waals surface area contributed by atoms with E-state index in [1.54, 1.807) is 0 Å². The molecule has 0 amide bonds. The summed E-state index contributed by atoms with van der Waals surface area (Å²) in [6.07, 6.45) is -2.55. The minimum Gasteiger partial charge on any atom is -0.377 e. The number of hydrogen-bond donors (Lipinski definition) is 2. The fraction of sp³-hybridized carbons (Fsp3) is 0.579. The van der Waals surface area contributed by atoms with E-state index < -0.39 is 28.8 Å². The Balaban J connectivity index is 1.38. The third-order valence-electron chi connectivity index (χ3n) is 5.83. The van der Waals surface area contributed by atoms with E-state index in [-0.39, 0.29) is 17.9 Å². The van der Waals surface area contributed by atoms with Crippen LogP contribution in [0.4, 0.5) is 33.7 Å². The Morgan fingerprint density at radius 3 is 2.27 bits per heavy atom. The number of rotatable bonds is 6. The first-order valence-corrected chi connectivity index (χ1v) is 10.2. The highest BCUT2D eigenvalue weighted by atomic mass is 19.4. The molecule has 2 saturated heterocycles. The molecule has 2 aromatic rings. The van der Waals surface area contributed by atoms with Gasteiger partial charge in [-0.1, -0.05) is 0 Å². The van der Waals surface area contributed by atoms with Crippen LogP contribution in [0, 0.1) is 0 Å². The number of alkyl halides is 5. The number of hydrogen-bond acceptors (Lipinski definition) is 8. The molecule has 4 rings (SSSR count). The van der Waals surface area contributed by atoms with Crippen molar-refractivity contribution in [2.45, 2.75) is 24.6 Å². The van der Waals surface area contributed by atoms with Crippen LogP contribution in [0.15, 0.2) is 23.3 Å². The van der Waals surface area contributed by atoms with E-state index in [0.29, 0.717) is 51.4 Å². The van der Waals surface area contributed by atoms with Gasteiger partial charge in [-0.3, -0.25) is 9.69 Å². The van der Waals surface area contributed by atoms with Gasteiger partial charge in [-0.2, -0.15) is 18.3 Å². The van der Waals surface area contributed by atoms with Crippen molar-refractivity contribution in [2.75, 3.05) is 56.2 Å². The Kier molecular flexibility index (Phi) is 5.99. The van der Waals surface area contributed by atoms with E-state index >= 15 is 0 Å². The maximum atomic E-state index is 13.4. The van der Waals surface area contributed by atoms with Crippen LogP contribution in [-0.4, -0.2) is 76.5 Å². The predicted octanol–water partition coefficient (Wildman–Crippen LogP) is 1.69. The molecule has 0 unspecified atom stereocenters. The predicted molar refractivity (Wildman–Crippen MR) is 107 cm³/mol. The summed E-state index contributed by atoms with van der Waals surface area (Å²) in [6.45, 7) is 4.07. The second-order valence-corrected chi connectivity index (χ2v) is 8.20. The van der Waals surface area contributed by atoms with Gasteiger partial charge in [0, 0.05) is 58.1 Å². The Bertz CT molecular complexity index is 1030. The number of anilines is 2. The minimum atomic E-state index is -4.78. The lowest BCUT2D eigenvalue weighted by Gasteiger charge is -2.52. The summed E-state index contributed by atoms with van der Waals surface area (Å²) in [6, 6.07) is 0.685. The topological polar surface area (TPSA) is 99.3 Å². The van der Waals surface area contributed by atoms with Gasteiger partial charge in [0.15, 0.2) is 0 Å². The van der Waals surface area contributed by atoms with Gasteiger partial charge < -0.3 is 15.0 Å². The van der Waals surface area contributed by atoms with Crippen molar-refractivity contribution < 1.29 is 26.7 Å². The van der Waals surface area contributed by atoms with Crippen LogP contribution in [0.3, 0.4) is 0 Å². The lowest BCUT2D eigenvalue weighted by atomic mass is 9.93. The maximum Gasteiger partial charge on any atom is 0.421 e. The molecule has 33 heavy (non-hydrogen) atoms. The molecule has 4 heterocycles. The highest BCUT2D eigenvalue weighted by molar-refractivity contribution is 5.38. The van der Waals surface area contributed by atoms with Gasteiger partial charge in [0.2, 0.25) is 5.95 Å². The smallest absolute Gasteiger partial charge is 0.377 e. The first kappa shape index (κ1) is 23.3. The summed E-state index contributed by atoms with van der Waals surface area (Å²) in [5.41, 5.74) is -3.33. The van der Waals surface area contributed by atoms with Crippen molar-refractivity contribution in [3.63, 3.8) is 0 Å². The molecule has 14 heteroatoms. The summed E-state index contributed by atoms with van der Waals surface area (Å²) < 4.78 is 71.0. The van der Waals surface area contributed by atoms with Gasteiger partial charge in [0.05, 0.1) is 24.3 Å². The number of aromatic nitrogens is 4. The summed E-state index contributed by atoms with van der Waals surface area (Å²) in [4.78, 5) is 23.5. The highest BCUT2D eigenvalue weighted by Gasteiger charge is 2.45. The van der Waals surface area contributed by atoms with Crippen LogP contribution < -0.4 is 15.8 Å². The third-order valence-corrected chi connectivity index (χ3v) is 5.83. The average Bonchev–Trinajstić information content (AvgIpc) is 2.73. The molecule has 180 valence electrons. The number of nitrogens with one attached hydrogen (secondary N) is 2. The van der Waals surface area contributed by atoms with Gasteiger partial charge in [-0.15, -0.1) is 0 Å². The summed E-state index contributed by atoms with van der Waals surface area (Å²) in [5.74, 6) is -2.74. The van der Waals surface area contributed by atoms with Crippen LogP contribution in [0.1, 0.15) is 18.1 Å². The first-order valence-electron chi connectivity index (χ1n) is 10.2. The fourth-order valence-electron chi connectivity index (χ4n) is 3.79. The number of aromatic amines is 1. The molecular weight excluding hydrogens is 453 g/mol. The van der Waals surface area contributed by atoms with E-state index in [1.807, 2.05) is 10.00 Å². The van der Waals surface area contributed by atoms with Gasteiger partial charge in [0.1, 0.15) is 11.4 Å². The Labute approximate surface area is 185 Å². The maximum absolute atomic E-state index is 13.4. The fourth-order valence-corrected chi connectivity index (χ4v) is 3.79. The Morgan fingerprint density at radius 1 is 1.12 bits per heavy atom. The number of halogens is 5. The average molecular weight is 475 g/mol. The van der Waals surface area contributed by atoms with Crippen molar-refractivity contribution in [3.05, 3.63) is 39.9 Å². The second-order valence-electron chi connectivity index (χ2n) is 8.20. The quantitative estimate of drug-likeness (QED) is 0.610. The Hall–Kier alpha value is -2.87. The molecule has 0 radical (unpaired) electrons. The van der Waals surface area contributed by atoms with Crippen molar-refractivity contribution in [3.8, 4) is 0 Å². The zero-order chi connectivity index (χ0) is 23.9. The molecule has 0 spiro atoms. The van der Waals surface area contributed by atoms with Crippen molar-refractivity contribution in [2.24, 2.45) is 0 Å². The zero-order valence-electron chi connectivity index (χ0n) is 17.6. The summed E-state index contributed by atoms with van der Waals surface area (Å²) >= 11 is 0. The summed E-state index contributed by atoms with van der Waals surface area (Å²) in [5, 5.41) is 8.39. The van der Waals surface area contributed by atoms with Gasteiger partial charge in [-0.25, -0.2) is 23.8 Å². The lowest BCUT2D eigenvalue weighted by molar-refractivity contribution is -0.138. The molecule has 2 aliphatic rings. The van der Waals surface area contributed by atoms with Gasteiger partial charge in [-0.05, 0) is 0 Å². The van der Waals surface area contributed by atoms with E-state index in [1.165, 1.54) is 0 Å². The Morgan fingerprint density at radius 2 is 1.76 bits per heavy atom. The van der Waals surface area contributed by atoms with E-state index in [9.17, 15) is 26.7 Å². The lowest BCUT2D eigenvalue weighted by Crippen LogP contribution is -2.69. The van der Waals surface area contributed by atoms with Crippen LogP contribution in [0.5, 0.6) is 0 Å². The minimum absolute atomic E-state index is 0.0898. The third kappa shape index (κ3) is 4.90. The van der Waals surface area contributed by atoms with Crippen molar-refractivity contribution in [1.29, 1.82) is 0 Å². The number of ether oxygens (including phenoxy) is 1. The zero-order valence-corrected chi connectivity index (χ0v) is 17.6.